The second-order valence-corrected chi connectivity index (χ2v) is 16.3. The third kappa shape index (κ3) is 6.84. The number of benzene rings is 6. The van der Waals surface area contributed by atoms with Gasteiger partial charge in [-0.25, -0.2) is 5.01 Å². The van der Waals surface area contributed by atoms with E-state index in [1.54, 1.807) is 0 Å². The van der Waals surface area contributed by atoms with Crippen LogP contribution < -0.4 is 10.6 Å². The van der Waals surface area contributed by atoms with Crippen LogP contribution in [-0.4, -0.2) is 29.3 Å². The summed E-state index contributed by atoms with van der Waals surface area (Å²) in [6.45, 7) is 3.18. The Morgan fingerprint density at radius 1 is 0.741 bits per heavy atom. The molecule has 2 N–H and O–H groups in total. The van der Waals surface area contributed by atoms with E-state index in [1.807, 2.05) is 0 Å². The first-order chi connectivity index (χ1) is 28.6. The van der Waals surface area contributed by atoms with Crippen LogP contribution in [0, 0.1) is 5.41 Å². The Balaban J connectivity index is 0.928. The van der Waals surface area contributed by atoms with Gasteiger partial charge in [0, 0.05) is 34.8 Å². The number of nitrogens with one attached hydrogen (secondary N) is 2. The second kappa shape index (κ2) is 15.5. The molecule has 5 nitrogen and oxygen atoms in total. The molecule has 8 unspecified atom stereocenters. The summed E-state index contributed by atoms with van der Waals surface area (Å²) in [6, 6.07) is 57.0. The molecule has 2 heterocycles. The zero-order valence-corrected chi connectivity index (χ0v) is 33.2. The molecular weight excluding hydrogens is 709 g/mol. The molecule has 10 rings (SSSR count). The van der Waals surface area contributed by atoms with E-state index >= 15 is 0 Å². The van der Waals surface area contributed by atoms with Crippen LogP contribution in [-0.2, 0) is 11.3 Å². The molecule has 2 aliphatic carbocycles. The fourth-order valence-corrected chi connectivity index (χ4v) is 9.62. The Morgan fingerprint density at radius 3 is 2.21 bits per heavy atom. The van der Waals surface area contributed by atoms with E-state index in [0.717, 1.165) is 30.8 Å². The molecule has 6 aromatic carbocycles. The summed E-state index contributed by atoms with van der Waals surface area (Å²) in [5, 5.41) is 12.4. The molecule has 288 valence electrons. The molecule has 2 saturated heterocycles. The van der Waals surface area contributed by atoms with Gasteiger partial charge < -0.3 is 10.1 Å². The van der Waals surface area contributed by atoms with Gasteiger partial charge in [0.05, 0.1) is 12.2 Å². The van der Waals surface area contributed by atoms with Gasteiger partial charge in [0.25, 0.3) is 0 Å². The number of hydrogen-bond donors (Lipinski definition) is 2. The summed E-state index contributed by atoms with van der Waals surface area (Å²) in [6.07, 6.45) is 14.2. The first-order valence-corrected chi connectivity index (χ1v) is 20.8. The van der Waals surface area contributed by atoms with Gasteiger partial charge in [-0.05, 0) is 102 Å². The molecule has 58 heavy (non-hydrogen) atoms. The lowest BCUT2D eigenvalue weighted by Crippen LogP contribution is -2.29. The average Bonchev–Trinajstić information content (AvgIpc) is 3.88. The summed E-state index contributed by atoms with van der Waals surface area (Å²) in [4.78, 5) is 0. The summed E-state index contributed by atoms with van der Waals surface area (Å²) >= 11 is 0. The maximum absolute atomic E-state index is 6.87. The minimum absolute atomic E-state index is 0.00528. The van der Waals surface area contributed by atoms with Crippen molar-refractivity contribution in [2.24, 2.45) is 5.41 Å². The van der Waals surface area contributed by atoms with E-state index < -0.39 is 0 Å². The summed E-state index contributed by atoms with van der Waals surface area (Å²) < 4.78 is 6.87. The lowest BCUT2D eigenvalue weighted by atomic mass is 9.70. The van der Waals surface area contributed by atoms with Crippen molar-refractivity contribution in [2.75, 3.05) is 12.4 Å². The molecule has 8 atom stereocenters. The Morgan fingerprint density at radius 2 is 1.45 bits per heavy atom. The molecule has 0 saturated carbocycles. The second-order valence-electron chi connectivity index (χ2n) is 16.3. The van der Waals surface area contributed by atoms with Gasteiger partial charge in [0.2, 0.25) is 0 Å². The molecule has 5 heteroatoms. The number of anilines is 2. The minimum Gasteiger partial charge on any atom is -0.368 e. The highest BCUT2D eigenvalue weighted by atomic mass is 16.5. The van der Waals surface area contributed by atoms with Gasteiger partial charge in [-0.15, -0.1) is 0 Å². The fourth-order valence-electron chi connectivity index (χ4n) is 9.62. The quantitative estimate of drug-likeness (QED) is 0.102. The van der Waals surface area contributed by atoms with Crippen molar-refractivity contribution >= 4 is 11.4 Å². The number of ether oxygens (including phenoxy) is 1. The predicted octanol–water partition coefficient (Wildman–Crippen LogP) is 12.1. The smallest absolute Gasteiger partial charge is 0.117 e. The lowest BCUT2D eigenvalue weighted by Gasteiger charge is -2.31. The minimum atomic E-state index is -0.0284. The Kier molecular flexibility index (Phi) is 9.76. The topological polar surface area (TPSA) is 39.3 Å². The average molecular weight is 759 g/mol. The van der Waals surface area contributed by atoms with Gasteiger partial charge in [-0.2, -0.15) is 5.01 Å². The highest BCUT2D eigenvalue weighted by molar-refractivity contribution is 5.82. The molecule has 2 aliphatic heterocycles. The van der Waals surface area contributed by atoms with Crippen molar-refractivity contribution in [1.29, 1.82) is 0 Å². The van der Waals surface area contributed by atoms with Crippen LogP contribution in [0.15, 0.2) is 194 Å². The normalized spacial score (nSPS) is 26.0. The van der Waals surface area contributed by atoms with Gasteiger partial charge >= 0.3 is 0 Å². The molecule has 0 aromatic heterocycles. The molecule has 0 amide bonds. The maximum atomic E-state index is 6.87. The zero-order chi connectivity index (χ0) is 39.1. The molecular formula is C53H50N4O. The van der Waals surface area contributed by atoms with Gasteiger partial charge in [-0.3, -0.25) is 5.32 Å². The van der Waals surface area contributed by atoms with Gasteiger partial charge in [0.15, 0.2) is 0 Å². The Hall–Kier alpha value is -5.82. The molecule has 0 radical (unpaired) electrons. The van der Waals surface area contributed by atoms with Gasteiger partial charge in [-0.1, -0.05) is 158 Å². The summed E-state index contributed by atoms with van der Waals surface area (Å²) in [7, 11) is 2.06. The molecule has 0 bridgehead atoms. The van der Waals surface area contributed by atoms with Crippen molar-refractivity contribution in [3.63, 3.8) is 0 Å². The van der Waals surface area contributed by atoms with Crippen molar-refractivity contribution < 1.29 is 4.74 Å². The van der Waals surface area contributed by atoms with E-state index in [0.29, 0.717) is 0 Å². The number of allylic oxidation sites excluding steroid dienone is 3. The van der Waals surface area contributed by atoms with Crippen LogP contribution in [0.25, 0.3) is 22.3 Å². The number of hydrogen-bond acceptors (Lipinski definition) is 5. The largest absolute Gasteiger partial charge is 0.368 e. The number of rotatable bonds is 11. The zero-order valence-electron chi connectivity index (χ0n) is 33.2. The number of nitrogens with zero attached hydrogens (tertiary/aromatic N) is 2. The fraction of sp³-hybridized carbons (Fsp3) is 0.208. The summed E-state index contributed by atoms with van der Waals surface area (Å²) in [5.41, 5.74) is 13.4. The highest BCUT2D eigenvalue weighted by Crippen LogP contribution is 2.54. The Labute approximate surface area is 343 Å². The van der Waals surface area contributed by atoms with Crippen molar-refractivity contribution in [2.45, 2.75) is 56.8 Å². The van der Waals surface area contributed by atoms with Crippen molar-refractivity contribution in [1.82, 2.24) is 15.3 Å². The number of fused-ring (bicyclic) bond motifs is 3. The first-order valence-electron chi connectivity index (χ1n) is 20.8. The third-order valence-electron chi connectivity index (χ3n) is 12.7. The van der Waals surface area contributed by atoms with Crippen LogP contribution in [0.2, 0.25) is 0 Å². The van der Waals surface area contributed by atoms with Crippen molar-refractivity contribution in [3.8, 4) is 22.3 Å². The van der Waals surface area contributed by atoms with E-state index in [9.17, 15) is 0 Å². The molecule has 2 fully saturated rings. The third-order valence-corrected chi connectivity index (χ3v) is 12.7. The van der Waals surface area contributed by atoms with E-state index in [1.165, 1.54) is 50.1 Å². The molecule has 6 aromatic rings. The predicted molar refractivity (Wildman–Crippen MR) is 237 cm³/mol. The Bertz CT molecular complexity index is 2480. The van der Waals surface area contributed by atoms with Crippen molar-refractivity contribution in [3.05, 3.63) is 216 Å². The SMILES string of the molecule is CNC(c1cccc(-c2ccccc2)c1)N1C(c2ccc(Nc3ccc(C4C=CC=C5C4OC4CCC=CC54C)cc3-c3ccccc3)cc2)N1Cc1ccccc1. The van der Waals surface area contributed by atoms with Crippen LogP contribution in [0.4, 0.5) is 11.4 Å². The van der Waals surface area contributed by atoms with Crippen LogP contribution in [0.1, 0.15) is 60.3 Å². The monoisotopic (exact) mass is 758 g/mol. The van der Waals surface area contributed by atoms with Crippen LogP contribution >= 0.6 is 0 Å². The van der Waals surface area contributed by atoms with E-state index in [4.69, 9.17) is 4.74 Å². The number of hydrazine groups is 1. The standard InChI is InChI=1S/C53H50N4O/c1-53-33-13-12-26-49(53)58-50-45(24-15-25-47(50)53)42-29-32-48(46(35-42)39-20-10-5-11-21-39)55-44-30-27-40(28-31-44)52-56(36-37-16-6-3-7-17-37)57(52)51(54-2)43-23-14-22-41(34-43)38-18-8-4-9-19-38/h3-11,13-25,27-35,45,49-52,54-55H,12,26,36H2,1-2H3. The molecule has 4 aliphatic rings. The van der Waals surface area contributed by atoms with E-state index in [-0.39, 0.29) is 35.9 Å². The van der Waals surface area contributed by atoms with E-state index in [2.05, 4.69) is 223 Å². The lowest BCUT2D eigenvalue weighted by molar-refractivity contribution is 0.0139. The van der Waals surface area contributed by atoms with Gasteiger partial charge in [0.1, 0.15) is 12.3 Å². The van der Waals surface area contributed by atoms with Crippen LogP contribution in [0.3, 0.4) is 0 Å². The first kappa shape index (κ1) is 36.5. The maximum Gasteiger partial charge on any atom is 0.117 e. The summed E-state index contributed by atoms with van der Waals surface area (Å²) in [5.74, 6) is 0.161. The highest BCUT2D eigenvalue weighted by Gasteiger charge is 2.52. The van der Waals surface area contributed by atoms with Crippen LogP contribution in [0.5, 0.6) is 0 Å². The molecule has 0 spiro atoms.